The first-order valence-electron chi connectivity index (χ1n) is 4.55. The van der Waals surface area contributed by atoms with Crippen LogP contribution in [-0.4, -0.2) is 24.9 Å². The monoisotopic (exact) mass is 199 g/mol. The predicted molar refractivity (Wildman–Crippen MR) is 53.1 cm³/mol. The van der Waals surface area contributed by atoms with E-state index in [2.05, 4.69) is 5.32 Å². The smallest absolute Gasteiger partial charge is 0.167 e. The summed E-state index contributed by atoms with van der Waals surface area (Å²) in [4.78, 5) is 0. The van der Waals surface area contributed by atoms with Crippen LogP contribution in [0.15, 0.2) is 18.2 Å². The normalized spacial score (nSPS) is 9.93. The summed E-state index contributed by atoms with van der Waals surface area (Å²) in [6.45, 7) is 2.68. The Bertz CT molecular complexity index is 291. The molecule has 1 rings (SSSR count). The number of aliphatic hydroxyl groups is 1. The quantitative estimate of drug-likeness (QED) is 0.757. The van der Waals surface area contributed by atoms with E-state index >= 15 is 0 Å². The lowest BCUT2D eigenvalue weighted by molar-refractivity contribution is 0.311. The van der Waals surface area contributed by atoms with E-state index in [4.69, 9.17) is 9.84 Å². The summed E-state index contributed by atoms with van der Waals surface area (Å²) in [6.07, 6.45) is 0. The van der Waals surface area contributed by atoms with Crippen LogP contribution in [0.5, 0.6) is 5.75 Å². The van der Waals surface area contributed by atoms with Crippen molar-refractivity contribution >= 4 is 5.69 Å². The molecule has 1 aromatic carbocycles. The molecular formula is C10H14FNO2. The fraction of sp³-hybridized carbons (Fsp3) is 0.400. The number of hydrogen-bond acceptors (Lipinski definition) is 3. The molecule has 0 aliphatic rings. The molecule has 0 heterocycles. The first-order valence-corrected chi connectivity index (χ1v) is 4.55. The van der Waals surface area contributed by atoms with Crippen LogP contribution in [0.25, 0.3) is 0 Å². The van der Waals surface area contributed by atoms with Gasteiger partial charge in [-0.3, -0.25) is 0 Å². The van der Waals surface area contributed by atoms with Gasteiger partial charge in [-0.05, 0) is 19.1 Å². The summed E-state index contributed by atoms with van der Waals surface area (Å²) in [5.41, 5.74) is 0.639. The maximum Gasteiger partial charge on any atom is 0.167 e. The maximum atomic E-state index is 13.2. The molecule has 0 amide bonds. The SMILES string of the molecule is CCOc1ccc(NCCO)cc1F. The van der Waals surface area contributed by atoms with E-state index in [0.29, 0.717) is 18.8 Å². The molecule has 0 unspecified atom stereocenters. The Morgan fingerprint density at radius 1 is 1.50 bits per heavy atom. The summed E-state index contributed by atoms with van der Waals surface area (Å²) in [5, 5.41) is 11.4. The first-order chi connectivity index (χ1) is 6.77. The molecule has 0 saturated heterocycles. The molecule has 0 atom stereocenters. The number of aliphatic hydroxyl groups excluding tert-OH is 1. The molecule has 0 spiro atoms. The topological polar surface area (TPSA) is 41.5 Å². The Hall–Kier alpha value is -1.29. The zero-order valence-electron chi connectivity index (χ0n) is 8.09. The van der Waals surface area contributed by atoms with E-state index < -0.39 is 5.82 Å². The number of rotatable bonds is 5. The minimum Gasteiger partial charge on any atom is -0.491 e. The van der Waals surface area contributed by atoms with Gasteiger partial charge >= 0.3 is 0 Å². The number of halogens is 1. The Balaban J connectivity index is 2.68. The molecule has 0 aliphatic carbocycles. The summed E-state index contributed by atoms with van der Waals surface area (Å²) in [7, 11) is 0. The van der Waals surface area contributed by atoms with Crippen molar-refractivity contribution < 1.29 is 14.2 Å². The highest BCUT2D eigenvalue weighted by Crippen LogP contribution is 2.20. The van der Waals surface area contributed by atoms with Crippen molar-refractivity contribution in [3.05, 3.63) is 24.0 Å². The Morgan fingerprint density at radius 3 is 2.86 bits per heavy atom. The Kier molecular flexibility index (Phi) is 4.19. The molecule has 0 aliphatic heterocycles. The molecule has 3 nitrogen and oxygen atoms in total. The van der Waals surface area contributed by atoms with Gasteiger partial charge in [-0.15, -0.1) is 0 Å². The standard InChI is InChI=1S/C10H14FNO2/c1-2-14-10-4-3-8(7-9(10)11)12-5-6-13/h3-4,7,12-13H,2,5-6H2,1H3. The second-order valence-corrected chi connectivity index (χ2v) is 2.73. The highest BCUT2D eigenvalue weighted by Gasteiger charge is 2.03. The van der Waals surface area contributed by atoms with Crippen molar-refractivity contribution in [1.29, 1.82) is 0 Å². The third-order valence-corrected chi connectivity index (χ3v) is 1.67. The zero-order valence-corrected chi connectivity index (χ0v) is 8.09. The van der Waals surface area contributed by atoms with Gasteiger partial charge in [0.1, 0.15) is 0 Å². The molecule has 0 fully saturated rings. The van der Waals surface area contributed by atoms with Gasteiger partial charge in [0.2, 0.25) is 0 Å². The van der Waals surface area contributed by atoms with Gasteiger partial charge in [0.05, 0.1) is 13.2 Å². The molecular weight excluding hydrogens is 185 g/mol. The van der Waals surface area contributed by atoms with Gasteiger partial charge in [0.15, 0.2) is 11.6 Å². The van der Waals surface area contributed by atoms with Crippen molar-refractivity contribution in [3.63, 3.8) is 0 Å². The van der Waals surface area contributed by atoms with Crippen LogP contribution < -0.4 is 10.1 Å². The summed E-state index contributed by atoms with van der Waals surface area (Å²) in [5.74, 6) is -0.142. The summed E-state index contributed by atoms with van der Waals surface area (Å²) in [6, 6.07) is 4.63. The second-order valence-electron chi connectivity index (χ2n) is 2.73. The molecule has 78 valence electrons. The lowest BCUT2D eigenvalue weighted by atomic mass is 10.3. The lowest BCUT2D eigenvalue weighted by Gasteiger charge is -2.07. The van der Waals surface area contributed by atoms with Crippen LogP contribution in [-0.2, 0) is 0 Å². The van der Waals surface area contributed by atoms with Gasteiger partial charge in [0, 0.05) is 18.3 Å². The van der Waals surface area contributed by atoms with E-state index in [1.54, 1.807) is 19.1 Å². The highest BCUT2D eigenvalue weighted by molar-refractivity contribution is 5.47. The van der Waals surface area contributed by atoms with Gasteiger partial charge < -0.3 is 15.2 Å². The minimum atomic E-state index is -0.394. The second kappa shape index (κ2) is 5.44. The molecule has 14 heavy (non-hydrogen) atoms. The molecule has 2 N–H and O–H groups in total. The first kappa shape index (κ1) is 10.8. The van der Waals surface area contributed by atoms with Gasteiger partial charge in [-0.25, -0.2) is 4.39 Å². The molecule has 0 saturated carbocycles. The number of anilines is 1. The van der Waals surface area contributed by atoms with Crippen molar-refractivity contribution in [3.8, 4) is 5.75 Å². The fourth-order valence-corrected chi connectivity index (χ4v) is 1.08. The average molecular weight is 199 g/mol. The number of ether oxygens (including phenoxy) is 1. The third-order valence-electron chi connectivity index (χ3n) is 1.67. The van der Waals surface area contributed by atoms with E-state index in [9.17, 15) is 4.39 Å². The number of hydrogen-bond donors (Lipinski definition) is 2. The van der Waals surface area contributed by atoms with E-state index in [1.807, 2.05) is 0 Å². The lowest BCUT2D eigenvalue weighted by Crippen LogP contribution is -2.05. The van der Waals surface area contributed by atoms with Gasteiger partial charge in [0.25, 0.3) is 0 Å². The van der Waals surface area contributed by atoms with Crippen LogP contribution in [0, 0.1) is 5.82 Å². The number of benzene rings is 1. The Morgan fingerprint density at radius 2 is 2.29 bits per heavy atom. The van der Waals surface area contributed by atoms with Gasteiger partial charge in [-0.2, -0.15) is 0 Å². The van der Waals surface area contributed by atoms with Crippen LogP contribution in [0.2, 0.25) is 0 Å². The van der Waals surface area contributed by atoms with E-state index in [0.717, 1.165) is 0 Å². The molecule has 0 bridgehead atoms. The van der Waals surface area contributed by atoms with Crippen molar-refractivity contribution in [2.24, 2.45) is 0 Å². The molecule has 4 heteroatoms. The highest BCUT2D eigenvalue weighted by atomic mass is 19.1. The van der Waals surface area contributed by atoms with E-state index in [1.165, 1.54) is 6.07 Å². The molecule has 0 radical (unpaired) electrons. The van der Waals surface area contributed by atoms with Crippen molar-refractivity contribution in [2.45, 2.75) is 6.92 Å². The van der Waals surface area contributed by atoms with Crippen LogP contribution in [0.3, 0.4) is 0 Å². The van der Waals surface area contributed by atoms with Crippen molar-refractivity contribution in [2.75, 3.05) is 25.1 Å². The van der Waals surface area contributed by atoms with Crippen molar-refractivity contribution in [1.82, 2.24) is 0 Å². The zero-order chi connectivity index (χ0) is 10.4. The summed E-state index contributed by atoms with van der Waals surface area (Å²) >= 11 is 0. The summed E-state index contributed by atoms with van der Waals surface area (Å²) < 4.78 is 18.3. The molecule has 0 aromatic heterocycles. The number of nitrogens with one attached hydrogen (secondary N) is 1. The van der Waals surface area contributed by atoms with E-state index in [-0.39, 0.29) is 12.4 Å². The average Bonchev–Trinajstić information content (AvgIpc) is 2.19. The van der Waals surface area contributed by atoms with Gasteiger partial charge in [-0.1, -0.05) is 0 Å². The predicted octanol–water partition coefficient (Wildman–Crippen LogP) is 1.63. The van der Waals surface area contributed by atoms with Crippen LogP contribution in [0.1, 0.15) is 6.92 Å². The maximum absolute atomic E-state index is 13.2. The minimum absolute atomic E-state index is 0.0226. The fourth-order valence-electron chi connectivity index (χ4n) is 1.08. The van der Waals surface area contributed by atoms with Crippen LogP contribution >= 0.6 is 0 Å². The van der Waals surface area contributed by atoms with Crippen LogP contribution in [0.4, 0.5) is 10.1 Å². The largest absolute Gasteiger partial charge is 0.491 e. The Labute approximate surface area is 82.5 Å². The third kappa shape index (κ3) is 2.88. The molecule has 1 aromatic rings.